The molecule has 0 bridgehead atoms. The van der Waals surface area contributed by atoms with Gasteiger partial charge in [-0.1, -0.05) is 30.3 Å². The van der Waals surface area contributed by atoms with Gasteiger partial charge in [-0.05, 0) is 22.8 Å². The Hall–Kier alpha value is -2.00. The largest absolute Gasteiger partial charge is 0.493 e. The first kappa shape index (κ1) is 13.0. The number of nitrogens with two attached hydrogens (primary N) is 1. The second-order valence-corrected chi connectivity index (χ2v) is 5.03. The highest BCUT2D eigenvalue weighted by Gasteiger charge is 2.27. The summed E-state index contributed by atoms with van der Waals surface area (Å²) in [6, 6.07) is 12.6. The lowest BCUT2D eigenvalue weighted by Gasteiger charge is -2.29. The van der Waals surface area contributed by atoms with Gasteiger partial charge in [0.15, 0.2) is 11.5 Å². The summed E-state index contributed by atoms with van der Waals surface area (Å²) in [6.45, 7) is 0.597. The molecule has 0 amide bonds. The van der Waals surface area contributed by atoms with E-state index in [4.69, 9.17) is 15.2 Å². The van der Waals surface area contributed by atoms with Crippen molar-refractivity contribution in [3.63, 3.8) is 0 Å². The smallest absolute Gasteiger partial charge is 0.164 e. The Morgan fingerprint density at radius 2 is 1.85 bits per heavy atom. The van der Waals surface area contributed by atoms with E-state index >= 15 is 0 Å². The van der Waals surface area contributed by atoms with Crippen LogP contribution in [0, 0.1) is 0 Å². The maximum Gasteiger partial charge on any atom is 0.164 e. The van der Waals surface area contributed by atoms with Crippen LogP contribution in [0.5, 0.6) is 11.5 Å². The minimum Gasteiger partial charge on any atom is -0.493 e. The summed E-state index contributed by atoms with van der Waals surface area (Å²) in [7, 11) is 3.36. The zero-order valence-corrected chi connectivity index (χ0v) is 11.8. The Morgan fingerprint density at radius 3 is 2.55 bits per heavy atom. The Labute approximate surface area is 119 Å². The fourth-order valence-electron chi connectivity index (χ4n) is 3.16. The van der Waals surface area contributed by atoms with E-state index in [1.54, 1.807) is 14.2 Å². The maximum atomic E-state index is 6.02. The molecule has 3 nitrogen and oxygen atoms in total. The van der Waals surface area contributed by atoms with E-state index in [2.05, 4.69) is 30.3 Å². The van der Waals surface area contributed by atoms with Crippen molar-refractivity contribution in [2.24, 2.45) is 5.73 Å². The van der Waals surface area contributed by atoms with E-state index in [1.807, 2.05) is 6.07 Å². The SMILES string of the molecule is COc1ccc2c(c1OC)Cc1ccccc1C2CN. The van der Waals surface area contributed by atoms with Crippen LogP contribution in [0.25, 0.3) is 0 Å². The molecule has 0 spiro atoms. The Kier molecular flexibility index (Phi) is 3.36. The van der Waals surface area contributed by atoms with Gasteiger partial charge in [0.25, 0.3) is 0 Å². The van der Waals surface area contributed by atoms with E-state index < -0.39 is 0 Å². The van der Waals surface area contributed by atoms with Crippen LogP contribution >= 0.6 is 0 Å². The van der Waals surface area contributed by atoms with Crippen molar-refractivity contribution in [3.8, 4) is 11.5 Å². The Bertz CT molecular complexity index is 637. The van der Waals surface area contributed by atoms with Crippen LogP contribution in [0.2, 0.25) is 0 Å². The summed E-state index contributed by atoms with van der Waals surface area (Å²) < 4.78 is 11.0. The average Bonchev–Trinajstić information content (AvgIpc) is 2.51. The first-order chi connectivity index (χ1) is 9.80. The van der Waals surface area contributed by atoms with Crippen molar-refractivity contribution in [1.29, 1.82) is 0 Å². The van der Waals surface area contributed by atoms with Gasteiger partial charge in [-0.3, -0.25) is 0 Å². The first-order valence-corrected chi connectivity index (χ1v) is 6.81. The molecule has 1 aliphatic carbocycles. The molecule has 1 unspecified atom stereocenters. The van der Waals surface area contributed by atoms with E-state index in [0.29, 0.717) is 6.54 Å². The van der Waals surface area contributed by atoms with E-state index in [1.165, 1.54) is 22.3 Å². The molecule has 0 aromatic heterocycles. The Balaban J connectivity index is 2.21. The number of fused-ring (bicyclic) bond motifs is 2. The first-order valence-electron chi connectivity index (χ1n) is 6.81. The molecule has 0 heterocycles. The monoisotopic (exact) mass is 269 g/mol. The molecule has 0 saturated heterocycles. The molecule has 0 radical (unpaired) electrons. The topological polar surface area (TPSA) is 44.5 Å². The molecule has 0 saturated carbocycles. The van der Waals surface area contributed by atoms with Gasteiger partial charge in [-0.15, -0.1) is 0 Å². The van der Waals surface area contributed by atoms with E-state index in [9.17, 15) is 0 Å². The van der Waals surface area contributed by atoms with Crippen molar-refractivity contribution in [3.05, 3.63) is 58.7 Å². The molecular weight excluding hydrogens is 250 g/mol. The molecule has 1 aliphatic rings. The predicted octanol–water partition coefficient (Wildman–Crippen LogP) is 2.70. The molecule has 2 aromatic rings. The second kappa shape index (κ2) is 5.17. The third kappa shape index (κ3) is 1.86. The molecule has 104 valence electrons. The summed E-state index contributed by atoms with van der Waals surface area (Å²) in [5, 5.41) is 0. The summed E-state index contributed by atoms with van der Waals surface area (Å²) >= 11 is 0. The van der Waals surface area contributed by atoms with Crippen LogP contribution in [0.3, 0.4) is 0 Å². The van der Waals surface area contributed by atoms with Gasteiger partial charge in [0, 0.05) is 24.4 Å². The summed E-state index contributed by atoms with van der Waals surface area (Å²) in [5.41, 5.74) is 11.1. The van der Waals surface area contributed by atoms with Crippen molar-refractivity contribution in [2.75, 3.05) is 20.8 Å². The van der Waals surface area contributed by atoms with E-state index in [0.717, 1.165) is 17.9 Å². The molecule has 2 aromatic carbocycles. The minimum atomic E-state index is 0.231. The number of methoxy groups -OCH3 is 2. The van der Waals surface area contributed by atoms with Gasteiger partial charge < -0.3 is 15.2 Å². The molecule has 0 fully saturated rings. The van der Waals surface area contributed by atoms with Gasteiger partial charge in [-0.2, -0.15) is 0 Å². The van der Waals surface area contributed by atoms with Crippen molar-refractivity contribution >= 4 is 0 Å². The van der Waals surface area contributed by atoms with Crippen LogP contribution in [-0.4, -0.2) is 20.8 Å². The quantitative estimate of drug-likeness (QED) is 0.931. The standard InChI is InChI=1S/C17H19NO2/c1-19-16-8-7-13-14(17(16)20-2)9-11-5-3-4-6-12(11)15(13)10-18/h3-8,15H,9-10,18H2,1-2H3. The van der Waals surface area contributed by atoms with Gasteiger partial charge >= 0.3 is 0 Å². The number of hydrogen-bond donors (Lipinski definition) is 1. The van der Waals surface area contributed by atoms with Crippen LogP contribution in [-0.2, 0) is 6.42 Å². The number of hydrogen-bond acceptors (Lipinski definition) is 3. The van der Waals surface area contributed by atoms with Gasteiger partial charge in [0.1, 0.15) is 0 Å². The minimum absolute atomic E-state index is 0.231. The second-order valence-electron chi connectivity index (χ2n) is 5.03. The van der Waals surface area contributed by atoms with E-state index in [-0.39, 0.29) is 5.92 Å². The highest BCUT2D eigenvalue weighted by atomic mass is 16.5. The normalized spacial score (nSPS) is 16.2. The molecule has 2 N–H and O–H groups in total. The van der Waals surface area contributed by atoms with Gasteiger partial charge in [-0.25, -0.2) is 0 Å². The number of ether oxygens (including phenoxy) is 2. The fraction of sp³-hybridized carbons (Fsp3) is 0.294. The lowest BCUT2D eigenvalue weighted by Crippen LogP contribution is -2.21. The van der Waals surface area contributed by atoms with Crippen LogP contribution < -0.4 is 15.2 Å². The summed E-state index contributed by atoms with van der Waals surface area (Å²) in [4.78, 5) is 0. The lowest BCUT2D eigenvalue weighted by atomic mass is 9.77. The molecule has 20 heavy (non-hydrogen) atoms. The number of rotatable bonds is 3. The highest BCUT2D eigenvalue weighted by Crippen LogP contribution is 2.43. The van der Waals surface area contributed by atoms with Crippen LogP contribution in [0.4, 0.5) is 0 Å². The highest BCUT2D eigenvalue weighted by molar-refractivity contribution is 5.59. The van der Waals surface area contributed by atoms with Crippen molar-refractivity contribution < 1.29 is 9.47 Å². The lowest BCUT2D eigenvalue weighted by molar-refractivity contribution is 0.351. The molecular formula is C17H19NO2. The fourth-order valence-corrected chi connectivity index (χ4v) is 3.16. The summed E-state index contributed by atoms with van der Waals surface area (Å²) in [5.74, 6) is 1.84. The predicted molar refractivity (Wildman–Crippen MR) is 79.7 cm³/mol. The van der Waals surface area contributed by atoms with Gasteiger partial charge in [0.05, 0.1) is 14.2 Å². The molecule has 0 aliphatic heterocycles. The molecule has 3 rings (SSSR count). The average molecular weight is 269 g/mol. The van der Waals surface area contributed by atoms with Crippen molar-refractivity contribution in [2.45, 2.75) is 12.3 Å². The molecule has 3 heteroatoms. The number of benzene rings is 2. The van der Waals surface area contributed by atoms with Crippen LogP contribution in [0.15, 0.2) is 36.4 Å². The third-order valence-corrected chi connectivity index (χ3v) is 4.09. The van der Waals surface area contributed by atoms with Crippen molar-refractivity contribution in [1.82, 2.24) is 0 Å². The third-order valence-electron chi connectivity index (χ3n) is 4.09. The molecule has 1 atom stereocenters. The Morgan fingerprint density at radius 1 is 1.05 bits per heavy atom. The zero-order chi connectivity index (χ0) is 14.1. The maximum absolute atomic E-state index is 6.02. The van der Waals surface area contributed by atoms with Gasteiger partial charge in [0.2, 0.25) is 0 Å². The zero-order valence-electron chi connectivity index (χ0n) is 11.8. The van der Waals surface area contributed by atoms with Crippen LogP contribution in [0.1, 0.15) is 28.2 Å². The summed E-state index contributed by atoms with van der Waals surface area (Å²) in [6.07, 6.45) is 0.863.